The molecule has 0 fully saturated rings. The molecule has 0 spiro atoms. The van der Waals surface area contributed by atoms with Gasteiger partial charge in [0.2, 0.25) is 11.8 Å². The lowest BCUT2D eigenvalue weighted by atomic mass is 10.1. The van der Waals surface area contributed by atoms with E-state index in [9.17, 15) is 22.4 Å². The molecule has 40 heavy (non-hydrogen) atoms. The molecule has 0 bridgehead atoms. The zero-order chi connectivity index (χ0) is 29.3. The summed E-state index contributed by atoms with van der Waals surface area (Å²) in [5.74, 6) is -0.970. The summed E-state index contributed by atoms with van der Waals surface area (Å²) < 4.78 is 47.8. The first-order valence-corrected chi connectivity index (χ1v) is 14.6. The number of anilines is 1. The van der Waals surface area contributed by atoms with Gasteiger partial charge < -0.3 is 15.0 Å². The first-order valence-electron chi connectivity index (χ1n) is 13.2. The third kappa shape index (κ3) is 7.81. The maximum atomic E-state index is 13.9. The van der Waals surface area contributed by atoms with Gasteiger partial charge in [-0.2, -0.15) is 0 Å². The van der Waals surface area contributed by atoms with E-state index >= 15 is 0 Å². The first kappa shape index (κ1) is 30.6. The van der Waals surface area contributed by atoms with E-state index < -0.39 is 34.3 Å². The highest BCUT2D eigenvalue weighted by atomic mass is 32.2. The Morgan fingerprint density at radius 3 is 2.27 bits per heavy atom. The van der Waals surface area contributed by atoms with Gasteiger partial charge in [0.05, 0.1) is 17.2 Å². The number of carbonyl (C=O) groups is 2. The van der Waals surface area contributed by atoms with Crippen LogP contribution in [0, 0.1) is 12.7 Å². The number of hydrogen-bond acceptors (Lipinski definition) is 5. The minimum atomic E-state index is -4.26. The second kappa shape index (κ2) is 13.9. The van der Waals surface area contributed by atoms with E-state index in [0.717, 1.165) is 34.0 Å². The monoisotopic (exact) mass is 569 g/mol. The molecule has 8 nitrogen and oxygen atoms in total. The van der Waals surface area contributed by atoms with Gasteiger partial charge in [0.25, 0.3) is 10.0 Å². The molecule has 0 radical (unpaired) electrons. The fourth-order valence-corrected chi connectivity index (χ4v) is 5.54. The van der Waals surface area contributed by atoms with Crippen LogP contribution in [0.5, 0.6) is 5.75 Å². The fourth-order valence-electron chi connectivity index (χ4n) is 4.12. The zero-order valence-electron chi connectivity index (χ0n) is 23.3. The number of benzene rings is 3. The molecule has 0 aromatic heterocycles. The number of nitrogens with zero attached hydrogens (tertiary/aromatic N) is 2. The molecule has 0 saturated heterocycles. The largest absolute Gasteiger partial charge is 0.494 e. The van der Waals surface area contributed by atoms with Gasteiger partial charge >= 0.3 is 0 Å². The number of carbonyl (C=O) groups excluding carboxylic acids is 2. The molecule has 1 N–H and O–H groups in total. The number of halogens is 1. The van der Waals surface area contributed by atoms with E-state index in [1.807, 2.05) is 45.0 Å². The van der Waals surface area contributed by atoms with Gasteiger partial charge in [0, 0.05) is 13.1 Å². The van der Waals surface area contributed by atoms with E-state index in [1.54, 1.807) is 6.92 Å². The standard InChI is InChI=1S/C30H36FN3O5S/c1-5-18-32-30(36)23(4)33(20-24-9-7-8-22(3)19-24)29(35)21-34(26-12-10-25(31)11-13-26)40(37,38)28-16-14-27(15-17-28)39-6-2/h7-17,19,23H,5-6,18,20-21H2,1-4H3,(H,32,36). The van der Waals surface area contributed by atoms with Crippen molar-refractivity contribution >= 4 is 27.5 Å². The summed E-state index contributed by atoms with van der Waals surface area (Å²) in [6.45, 7) is 7.65. The number of rotatable bonds is 13. The van der Waals surface area contributed by atoms with Crippen molar-refractivity contribution in [3.8, 4) is 5.75 Å². The molecule has 0 aliphatic rings. The van der Waals surface area contributed by atoms with Gasteiger partial charge in [-0.05, 0) is 81.3 Å². The van der Waals surface area contributed by atoms with Gasteiger partial charge in [0.1, 0.15) is 24.2 Å². The number of ether oxygens (including phenoxy) is 1. The molecule has 0 saturated carbocycles. The summed E-state index contributed by atoms with van der Waals surface area (Å²) >= 11 is 0. The highest BCUT2D eigenvalue weighted by molar-refractivity contribution is 7.92. The number of hydrogen-bond donors (Lipinski definition) is 1. The van der Waals surface area contributed by atoms with E-state index in [1.165, 1.54) is 41.3 Å². The second-order valence-corrected chi connectivity index (χ2v) is 11.2. The Balaban J connectivity index is 2.01. The molecule has 0 aliphatic carbocycles. The topological polar surface area (TPSA) is 96.0 Å². The number of sulfonamides is 1. The van der Waals surface area contributed by atoms with Crippen molar-refractivity contribution < 1.29 is 27.1 Å². The van der Waals surface area contributed by atoms with Gasteiger partial charge in [-0.1, -0.05) is 36.8 Å². The Hall–Kier alpha value is -3.92. The van der Waals surface area contributed by atoms with Gasteiger partial charge in [-0.15, -0.1) is 0 Å². The average Bonchev–Trinajstić information content (AvgIpc) is 2.94. The van der Waals surface area contributed by atoms with E-state index in [4.69, 9.17) is 4.74 Å². The average molecular weight is 570 g/mol. The van der Waals surface area contributed by atoms with Crippen molar-refractivity contribution in [1.82, 2.24) is 10.2 Å². The highest BCUT2D eigenvalue weighted by Gasteiger charge is 2.32. The van der Waals surface area contributed by atoms with Crippen molar-refractivity contribution in [3.05, 3.63) is 89.7 Å². The molecule has 1 atom stereocenters. The minimum Gasteiger partial charge on any atom is -0.494 e. The van der Waals surface area contributed by atoms with Crippen molar-refractivity contribution in [2.45, 2.75) is 51.6 Å². The third-order valence-corrected chi connectivity index (χ3v) is 8.06. The summed E-state index contributed by atoms with van der Waals surface area (Å²) in [6, 6.07) is 17.4. The molecule has 0 heterocycles. The number of amides is 2. The lowest BCUT2D eigenvalue weighted by Crippen LogP contribution is -2.51. The van der Waals surface area contributed by atoms with Gasteiger partial charge in [-0.3, -0.25) is 13.9 Å². The molecule has 1 unspecified atom stereocenters. The summed E-state index contributed by atoms with van der Waals surface area (Å²) in [7, 11) is -4.26. The van der Waals surface area contributed by atoms with Crippen molar-refractivity contribution in [2.24, 2.45) is 0 Å². The predicted molar refractivity (Wildman–Crippen MR) is 153 cm³/mol. The van der Waals surface area contributed by atoms with Crippen LogP contribution in [0.25, 0.3) is 0 Å². The van der Waals surface area contributed by atoms with Crippen LogP contribution in [-0.4, -0.2) is 50.9 Å². The van der Waals surface area contributed by atoms with Crippen LogP contribution in [0.4, 0.5) is 10.1 Å². The quantitative estimate of drug-likeness (QED) is 0.323. The SMILES string of the molecule is CCCNC(=O)C(C)N(Cc1cccc(C)c1)C(=O)CN(c1ccc(F)cc1)S(=O)(=O)c1ccc(OCC)cc1. The minimum absolute atomic E-state index is 0.0629. The molecule has 214 valence electrons. The van der Waals surface area contributed by atoms with Crippen LogP contribution >= 0.6 is 0 Å². The van der Waals surface area contributed by atoms with E-state index in [2.05, 4.69) is 5.32 Å². The van der Waals surface area contributed by atoms with Crippen LogP contribution in [0.3, 0.4) is 0 Å². The molecule has 3 aromatic carbocycles. The van der Waals surface area contributed by atoms with Crippen LogP contribution in [0.2, 0.25) is 0 Å². The van der Waals surface area contributed by atoms with E-state index in [0.29, 0.717) is 18.9 Å². The molecule has 3 aromatic rings. The summed E-state index contributed by atoms with van der Waals surface area (Å²) in [5, 5.41) is 2.81. The van der Waals surface area contributed by atoms with E-state index in [-0.39, 0.29) is 23.0 Å². The zero-order valence-corrected chi connectivity index (χ0v) is 24.1. The maximum absolute atomic E-state index is 13.9. The fraction of sp³-hybridized carbons (Fsp3) is 0.333. The second-order valence-electron chi connectivity index (χ2n) is 9.37. The molecule has 0 aliphatic heterocycles. The maximum Gasteiger partial charge on any atom is 0.264 e. The molecular weight excluding hydrogens is 533 g/mol. The Labute approximate surface area is 235 Å². The Bertz CT molecular complexity index is 1400. The van der Waals surface area contributed by atoms with Crippen LogP contribution in [-0.2, 0) is 26.2 Å². The van der Waals surface area contributed by atoms with Crippen LogP contribution in [0.1, 0.15) is 38.3 Å². The molecule has 10 heteroatoms. The van der Waals surface area contributed by atoms with Crippen LogP contribution < -0.4 is 14.4 Å². The lowest BCUT2D eigenvalue weighted by Gasteiger charge is -2.32. The third-order valence-electron chi connectivity index (χ3n) is 6.27. The predicted octanol–water partition coefficient (Wildman–Crippen LogP) is 4.67. The normalized spacial score (nSPS) is 11.9. The number of aryl methyl sites for hydroxylation is 1. The first-order chi connectivity index (χ1) is 19.1. The lowest BCUT2D eigenvalue weighted by molar-refractivity contribution is -0.139. The molecule has 3 rings (SSSR count). The van der Waals surface area contributed by atoms with Gasteiger partial charge in [0.15, 0.2) is 0 Å². The summed E-state index contributed by atoms with van der Waals surface area (Å²) in [6.07, 6.45) is 0.725. The Morgan fingerprint density at radius 2 is 1.68 bits per heavy atom. The Kier molecular flexibility index (Phi) is 10.7. The molecule has 2 amide bonds. The summed E-state index contributed by atoms with van der Waals surface area (Å²) in [4.78, 5) is 28.1. The van der Waals surface area contributed by atoms with Crippen molar-refractivity contribution in [3.63, 3.8) is 0 Å². The highest BCUT2D eigenvalue weighted by Crippen LogP contribution is 2.26. The number of nitrogens with one attached hydrogen (secondary N) is 1. The van der Waals surface area contributed by atoms with Crippen molar-refractivity contribution in [2.75, 3.05) is 24.0 Å². The molecular formula is C30H36FN3O5S. The Morgan fingerprint density at radius 1 is 1.00 bits per heavy atom. The smallest absolute Gasteiger partial charge is 0.264 e. The van der Waals surface area contributed by atoms with Crippen LogP contribution in [0.15, 0.2) is 77.7 Å². The van der Waals surface area contributed by atoms with Gasteiger partial charge in [-0.25, -0.2) is 12.8 Å². The summed E-state index contributed by atoms with van der Waals surface area (Å²) in [5.41, 5.74) is 1.90. The van der Waals surface area contributed by atoms with Crippen molar-refractivity contribution in [1.29, 1.82) is 0 Å².